The summed E-state index contributed by atoms with van der Waals surface area (Å²) in [6.07, 6.45) is 0. The van der Waals surface area contributed by atoms with Crippen molar-refractivity contribution in [2.75, 3.05) is 7.11 Å². The van der Waals surface area contributed by atoms with E-state index in [4.69, 9.17) is 19.9 Å². The van der Waals surface area contributed by atoms with Crippen LogP contribution in [0.4, 0.5) is 0 Å². The zero-order valence-corrected chi connectivity index (χ0v) is 18.3. The molecule has 3 N–H and O–H groups in total. The lowest BCUT2D eigenvalue weighted by molar-refractivity contribution is 0.285. The Labute approximate surface area is 191 Å². The molecule has 3 aromatic carbocycles. The summed E-state index contributed by atoms with van der Waals surface area (Å²) < 4.78 is 17.3. The molecule has 1 aromatic heterocycles. The maximum absolute atomic E-state index is 9.77. The largest absolute Gasteiger partial charge is 0.493 e. The van der Waals surface area contributed by atoms with E-state index in [1.165, 1.54) is 5.39 Å². The Balaban J connectivity index is 1.49. The fourth-order valence-corrected chi connectivity index (χ4v) is 4.29. The molecule has 7 heteroatoms. The third-order valence-corrected chi connectivity index (χ3v) is 5.91. The predicted octanol–water partition coefficient (Wildman–Crippen LogP) is 4.68. The van der Waals surface area contributed by atoms with E-state index in [9.17, 15) is 5.26 Å². The van der Waals surface area contributed by atoms with Gasteiger partial charge in [0, 0.05) is 11.3 Å². The molecule has 0 bridgehead atoms. The summed E-state index contributed by atoms with van der Waals surface area (Å²) in [6.45, 7) is 2.28. The second kappa shape index (κ2) is 8.24. The van der Waals surface area contributed by atoms with E-state index in [0.717, 1.165) is 27.8 Å². The Morgan fingerprint density at radius 1 is 1.12 bits per heavy atom. The van der Waals surface area contributed by atoms with Gasteiger partial charge in [0.2, 0.25) is 11.8 Å². The predicted molar refractivity (Wildman–Crippen MR) is 124 cm³/mol. The van der Waals surface area contributed by atoms with Gasteiger partial charge in [0.25, 0.3) is 0 Å². The molecule has 4 aromatic rings. The van der Waals surface area contributed by atoms with Crippen LogP contribution in [0.25, 0.3) is 10.8 Å². The molecule has 1 aliphatic rings. The summed E-state index contributed by atoms with van der Waals surface area (Å²) in [5.74, 6) is 1.19. The van der Waals surface area contributed by atoms with Gasteiger partial charge in [0.05, 0.1) is 13.0 Å². The average molecular weight is 438 g/mol. The molecule has 164 valence electrons. The number of benzene rings is 3. The molecule has 7 nitrogen and oxygen atoms in total. The van der Waals surface area contributed by atoms with E-state index in [0.29, 0.717) is 29.6 Å². The Kier molecular flexibility index (Phi) is 5.11. The van der Waals surface area contributed by atoms with Crippen LogP contribution in [0.1, 0.15) is 28.3 Å². The maximum Gasteiger partial charge on any atom is 0.244 e. The minimum absolute atomic E-state index is 0.0525. The van der Waals surface area contributed by atoms with Crippen LogP contribution in [-0.4, -0.2) is 17.3 Å². The normalized spacial score (nSPS) is 15.0. The summed E-state index contributed by atoms with van der Waals surface area (Å²) in [5, 5.41) is 19.2. The Morgan fingerprint density at radius 3 is 2.76 bits per heavy atom. The highest BCUT2D eigenvalue weighted by atomic mass is 16.5. The van der Waals surface area contributed by atoms with Crippen LogP contribution < -0.4 is 19.9 Å². The van der Waals surface area contributed by atoms with Gasteiger partial charge in [-0.3, -0.25) is 5.10 Å². The van der Waals surface area contributed by atoms with Crippen LogP contribution in [0.2, 0.25) is 0 Å². The number of hydrogen-bond acceptors (Lipinski definition) is 6. The summed E-state index contributed by atoms with van der Waals surface area (Å²) in [6, 6.07) is 22.2. The number of methoxy groups -OCH3 is 1. The highest BCUT2D eigenvalue weighted by Gasteiger charge is 2.34. The Morgan fingerprint density at radius 2 is 1.94 bits per heavy atom. The summed E-state index contributed by atoms with van der Waals surface area (Å²) in [4.78, 5) is 0. The summed E-state index contributed by atoms with van der Waals surface area (Å²) in [7, 11) is 1.60. The molecule has 0 saturated carbocycles. The summed E-state index contributed by atoms with van der Waals surface area (Å²) >= 11 is 0. The first-order valence-corrected chi connectivity index (χ1v) is 10.5. The van der Waals surface area contributed by atoms with Crippen LogP contribution in [0.5, 0.6) is 17.4 Å². The topological polar surface area (TPSA) is 106 Å². The van der Waals surface area contributed by atoms with Crippen molar-refractivity contribution < 1.29 is 14.2 Å². The zero-order chi connectivity index (χ0) is 22.9. The number of nitrogens with one attached hydrogen (secondary N) is 1. The first kappa shape index (κ1) is 20.5. The van der Waals surface area contributed by atoms with Crippen molar-refractivity contribution in [1.82, 2.24) is 10.2 Å². The maximum atomic E-state index is 9.77. The number of nitrogens with two attached hydrogens (primary N) is 1. The van der Waals surface area contributed by atoms with E-state index in [1.54, 1.807) is 7.11 Å². The van der Waals surface area contributed by atoms with Gasteiger partial charge in [-0.25, -0.2) is 0 Å². The lowest BCUT2D eigenvalue weighted by Crippen LogP contribution is -2.21. The minimum atomic E-state index is -0.418. The van der Waals surface area contributed by atoms with Crippen LogP contribution in [0.3, 0.4) is 0 Å². The Bertz CT molecular complexity index is 1430. The van der Waals surface area contributed by atoms with Crippen molar-refractivity contribution in [3.05, 3.63) is 94.5 Å². The number of nitriles is 1. The number of allylic oxidation sites excluding steroid dienone is 1. The summed E-state index contributed by atoms with van der Waals surface area (Å²) in [5.41, 5.74) is 9.87. The molecule has 0 aliphatic carbocycles. The number of aryl methyl sites for hydroxylation is 1. The number of hydrogen-bond donors (Lipinski definition) is 2. The van der Waals surface area contributed by atoms with Crippen molar-refractivity contribution in [2.24, 2.45) is 5.73 Å². The molecular weight excluding hydrogens is 416 g/mol. The standard InChI is InChI=1S/C26H22N4O3/c1-15-23-24(20(13-27)25(28)33-26(23)30-29-15)17-10-11-21(22(12-17)31-2)32-14-18-8-5-7-16-6-3-4-9-19(16)18/h3-12,24H,14,28H2,1-2H3,(H,29,30)/t24-/m1/s1. The quantitative estimate of drug-likeness (QED) is 0.469. The van der Waals surface area contributed by atoms with Crippen molar-refractivity contribution >= 4 is 10.8 Å². The third kappa shape index (κ3) is 3.52. The SMILES string of the molecule is COc1cc([C@@H]2C(C#N)=C(N)Oc3n[nH]c(C)c32)ccc1OCc1cccc2ccccc12. The number of nitrogens with zero attached hydrogens (tertiary/aromatic N) is 2. The number of ether oxygens (including phenoxy) is 3. The van der Waals surface area contributed by atoms with E-state index < -0.39 is 5.92 Å². The molecule has 0 radical (unpaired) electrons. The zero-order valence-electron chi connectivity index (χ0n) is 18.3. The number of fused-ring (bicyclic) bond motifs is 2. The third-order valence-electron chi connectivity index (χ3n) is 5.91. The first-order valence-electron chi connectivity index (χ1n) is 10.5. The van der Waals surface area contributed by atoms with Gasteiger partial charge in [-0.2, -0.15) is 5.26 Å². The van der Waals surface area contributed by atoms with Crippen LogP contribution in [-0.2, 0) is 6.61 Å². The first-order chi connectivity index (χ1) is 16.1. The molecule has 0 saturated heterocycles. The van der Waals surface area contributed by atoms with Crippen LogP contribution in [0, 0.1) is 18.3 Å². The molecule has 0 amide bonds. The molecule has 0 spiro atoms. The van der Waals surface area contributed by atoms with Crippen molar-refractivity contribution in [2.45, 2.75) is 19.4 Å². The lowest BCUT2D eigenvalue weighted by Gasteiger charge is -2.24. The van der Waals surface area contributed by atoms with Gasteiger partial charge in [-0.15, -0.1) is 5.10 Å². The van der Waals surface area contributed by atoms with E-state index in [2.05, 4.69) is 40.5 Å². The molecular formula is C26H22N4O3. The van der Waals surface area contributed by atoms with Crippen molar-refractivity contribution in [3.63, 3.8) is 0 Å². The van der Waals surface area contributed by atoms with Crippen molar-refractivity contribution in [3.8, 4) is 23.4 Å². The highest BCUT2D eigenvalue weighted by molar-refractivity contribution is 5.85. The second-order valence-electron chi connectivity index (χ2n) is 7.83. The lowest BCUT2D eigenvalue weighted by atomic mass is 9.84. The highest BCUT2D eigenvalue weighted by Crippen LogP contribution is 2.44. The Hall–Kier alpha value is -4.44. The van der Waals surface area contributed by atoms with Crippen molar-refractivity contribution in [1.29, 1.82) is 5.26 Å². The molecule has 33 heavy (non-hydrogen) atoms. The molecule has 1 aliphatic heterocycles. The number of aromatic nitrogens is 2. The fourth-order valence-electron chi connectivity index (χ4n) is 4.29. The van der Waals surface area contributed by atoms with Gasteiger partial charge in [0.15, 0.2) is 11.5 Å². The molecule has 5 rings (SSSR count). The number of rotatable bonds is 5. The smallest absolute Gasteiger partial charge is 0.244 e. The van der Waals surface area contributed by atoms with E-state index in [-0.39, 0.29) is 5.88 Å². The number of aromatic amines is 1. The van der Waals surface area contributed by atoms with Crippen LogP contribution >= 0.6 is 0 Å². The van der Waals surface area contributed by atoms with Gasteiger partial charge in [-0.05, 0) is 41.0 Å². The molecule has 2 heterocycles. The molecule has 1 atom stereocenters. The van der Waals surface area contributed by atoms with Gasteiger partial charge >= 0.3 is 0 Å². The molecule has 0 unspecified atom stereocenters. The van der Waals surface area contributed by atoms with Gasteiger partial charge < -0.3 is 19.9 Å². The second-order valence-corrected chi connectivity index (χ2v) is 7.83. The minimum Gasteiger partial charge on any atom is -0.493 e. The van der Waals surface area contributed by atoms with Gasteiger partial charge in [-0.1, -0.05) is 48.5 Å². The van der Waals surface area contributed by atoms with E-state index >= 15 is 0 Å². The fraction of sp³-hybridized carbons (Fsp3) is 0.154. The average Bonchev–Trinajstić information content (AvgIpc) is 3.21. The van der Waals surface area contributed by atoms with Crippen LogP contribution in [0.15, 0.2) is 72.1 Å². The number of H-pyrrole nitrogens is 1. The monoisotopic (exact) mass is 438 g/mol. The van der Waals surface area contributed by atoms with E-state index in [1.807, 2.05) is 43.3 Å². The molecule has 0 fully saturated rings. The van der Waals surface area contributed by atoms with Gasteiger partial charge in [0.1, 0.15) is 18.2 Å².